The summed E-state index contributed by atoms with van der Waals surface area (Å²) in [5.41, 5.74) is 5.97. The zero-order chi connectivity index (χ0) is 19.9. The molecule has 1 aromatic carbocycles. The zero-order valence-corrected chi connectivity index (χ0v) is 14.9. The summed E-state index contributed by atoms with van der Waals surface area (Å²) in [6.07, 6.45) is -0.783. The number of halogens is 3. The number of benzene rings is 1. The third-order valence-electron chi connectivity index (χ3n) is 5.20. The monoisotopic (exact) mass is 391 g/mol. The molecule has 2 aliphatic rings. The Bertz CT molecular complexity index is 883. The molecule has 3 heterocycles. The molecule has 0 amide bonds. The van der Waals surface area contributed by atoms with Crippen LogP contribution in [0.2, 0.25) is 0 Å². The van der Waals surface area contributed by atoms with Gasteiger partial charge in [-0.15, -0.1) is 0 Å². The van der Waals surface area contributed by atoms with E-state index in [-0.39, 0.29) is 17.9 Å². The molecule has 7 nitrogen and oxygen atoms in total. The highest BCUT2D eigenvalue weighted by molar-refractivity contribution is 5.87. The predicted octanol–water partition coefficient (Wildman–Crippen LogP) is 2.76. The number of anilines is 4. The van der Waals surface area contributed by atoms with Gasteiger partial charge in [0.15, 0.2) is 0 Å². The van der Waals surface area contributed by atoms with Crippen molar-refractivity contribution in [3.05, 3.63) is 35.5 Å². The van der Waals surface area contributed by atoms with Gasteiger partial charge in [0.2, 0.25) is 5.95 Å². The van der Waals surface area contributed by atoms with Crippen LogP contribution < -0.4 is 21.3 Å². The first-order valence-corrected chi connectivity index (χ1v) is 8.97. The van der Waals surface area contributed by atoms with Gasteiger partial charge in [-0.25, -0.2) is 4.98 Å². The van der Waals surface area contributed by atoms with Gasteiger partial charge in [0, 0.05) is 54.5 Å². The second-order valence-corrected chi connectivity index (χ2v) is 6.99. The quantitative estimate of drug-likeness (QED) is 0.472. The topological polar surface area (TPSA) is 103 Å². The molecular weight excluding hydrogens is 371 g/mol. The molecule has 2 atom stereocenters. The van der Waals surface area contributed by atoms with E-state index < -0.39 is 11.7 Å². The number of fused-ring (bicyclic) bond motifs is 2. The van der Waals surface area contributed by atoms with E-state index in [0.29, 0.717) is 22.9 Å². The molecule has 10 heteroatoms. The molecule has 148 valence electrons. The van der Waals surface area contributed by atoms with Gasteiger partial charge in [-0.05, 0) is 31.0 Å². The van der Waals surface area contributed by atoms with Crippen LogP contribution in [0.5, 0.6) is 0 Å². The van der Waals surface area contributed by atoms with Crippen LogP contribution in [0.1, 0.15) is 24.0 Å². The second-order valence-electron chi connectivity index (χ2n) is 6.99. The van der Waals surface area contributed by atoms with Crippen LogP contribution >= 0.6 is 0 Å². The highest BCUT2D eigenvalue weighted by Gasteiger charge is 2.40. The van der Waals surface area contributed by atoms with Crippen LogP contribution in [0.25, 0.3) is 0 Å². The van der Waals surface area contributed by atoms with E-state index in [2.05, 4.69) is 20.6 Å². The Hall–Kier alpha value is -2.88. The van der Waals surface area contributed by atoms with Crippen LogP contribution in [0, 0.1) is 5.41 Å². The van der Waals surface area contributed by atoms with Gasteiger partial charge >= 0.3 is 6.18 Å². The van der Waals surface area contributed by atoms with E-state index >= 15 is 0 Å². The Morgan fingerprint density at radius 1 is 1.25 bits per heavy atom. The Morgan fingerprint density at radius 2 is 1.96 bits per heavy atom. The Labute approximate surface area is 159 Å². The van der Waals surface area contributed by atoms with E-state index in [0.717, 1.165) is 38.3 Å². The van der Waals surface area contributed by atoms with E-state index in [1.54, 1.807) is 6.07 Å². The van der Waals surface area contributed by atoms with Crippen LogP contribution in [0.15, 0.2) is 24.4 Å². The predicted molar refractivity (Wildman–Crippen MR) is 101 cm³/mol. The number of nitrogens with two attached hydrogens (primary N) is 1. The molecule has 5 N–H and O–H groups in total. The minimum Gasteiger partial charge on any atom is -0.398 e. The van der Waals surface area contributed by atoms with E-state index in [9.17, 15) is 13.2 Å². The summed E-state index contributed by atoms with van der Waals surface area (Å²) in [7, 11) is 0. The average Bonchev–Trinajstić information content (AvgIpc) is 2.91. The SMILES string of the molecule is N=Cc1cc(Nc2nc(N3C4CCC3CNC4)ncc2C(F)(F)F)ccc1N. The van der Waals surface area contributed by atoms with Crippen molar-refractivity contribution in [3.8, 4) is 0 Å². The fourth-order valence-electron chi connectivity index (χ4n) is 3.82. The van der Waals surface area contributed by atoms with Gasteiger partial charge in [-0.1, -0.05) is 0 Å². The van der Waals surface area contributed by atoms with Crippen molar-refractivity contribution >= 4 is 29.4 Å². The first kappa shape index (κ1) is 18.5. The van der Waals surface area contributed by atoms with E-state index in [1.807, 2.05) is 4.90 Å². The number of hydrogen-bond acceptors (Lipinski definition) is 7. The molecule has 0 saturated carbocycles. The van der Waals surface area contributed by atoms with E-state index in [4.69, 9.17) is 11.1 Å². The summed E-state index contributed by atoms with van der Waals surface area (Å²) in [6, 6.07) is 4.97. The highest BCUT2D eigenvalue weighted by Crippen LogP contribution is 2.37. The molecule has 2 aliphatic heterocycles. The first-order valence-electron chi connectivity index (χ1n) is 8.97. The van der Waals surface area contributed by atoms with Gasteiger partial charge < -0.3 is 26.7 Å². The molecule has 2 bridgehead atoms. The third-order valence-corrected chi connectivity index (χ3v) is 5.20. The number of nitrogens with one attached hydrogen (secondary N) is 3. The number of aromatic nitrogens is 2. The van der Waals surface area contributed by atoms with Crippen molar-refractivity contribution in [1.29, 1.82) is 5.41 Å². The normalized spacial score (nSPS) is 21.6. The van der Waals surface area contributed by atoms with Crippen molar-refractivity contribution in [2.75, 3.05) is 29.0 Å². The number of rotatable bonds is 4. The fraction of sp³-hybridized carbons (Fsp3) is 0.389. The Morgan fingerprint density at radius 3 is 2.61 bits per heavy atom. The number of hydrogen-bond donors (Lipinski definition) is 4. The molecule has 2 saturated heterocycles. The summed E-state index contributed by atoms with van der Waals surface area (Å²) in [4.78, 5) is 10.3. The van der Waals surface area contributed by atoms with Crippen molar-refractivity contribution in [2.45, 2.75) is 31.1 Å². The summed E-state index contributed by atoms with van der Waals surface area (Å²) in [5.74, 6) is -0.0108. The molecule has 4 rings (SSSR count). The van der Waals surface area contributed by atoms with Gasteiger partial charge in [0.25, 0.3) is 0 Å². The number of nitrogen functional groups attached to an aromatic ring is 1. The van der Waals surface area contributed by atoms with E-state index in [1.165, 1.54) is 12.1 Å². The number of alkyl halides is 3. The van der Waals surface area contributed by atoms with Crippen LogP contribution in [-0.2, 0) is 6.18 Å². The van der Waals surface area contributed by atoms with Crippen LogP contribution in [0.4, 0.5) is 36.3 Å². The summed E-state index contributed by atoms with van der Waals surface area (Å²) in [5, 5.41) is 13.4. The van der Waals surface area contributed by atoms with Crippen molar-refractivity contribution < 1.29 is 13.2 Å². The van der Waals surface area contributed by atoms with Gasteiger partial charge in [-0.3, -0.25) is 0 Å². The summed E-state index contributed by atoms with van der Waals surface area (Å²) < 4.78 is 40.5. The highest BCUT2D eigenvalue weighted by atomic mass is 19.4. The van der Waals surface area contributed by atoms with Crippen LogP contribution in [-0.4, -0.2) is 41.4 Å². The molecule has 28 heavy (non-hydrogen) atoms. The second kappa shape index (κ2) is 6.93. The number of nitrogens with zero attached hydrogens (tertiary/aromatic N) is 3. The summed E-state index contributed by atoms with van der Waals surface area (Å²) >= 11 is 0. The van der Waals surface area contributed by atoms with Gasteiger partial charge in [0.05, 0.1) is 0 Å². The molecule has 0 radical (unpaired) electrons. The Kier molecular flexibility index (Phi) is 4.58. The lowest BCUT2D eigenvalue weighted by atomic mass is 10.1. The fourth-order valence-corrected chi connectivity index (χ4v) is 3.82. The smallest absolute Gasteiger partial charge is 0.398 e. The van der Waals surface area contributed by atoms with Crippen molar-refractivity contribution in [1.82, 2.24) is 15.3 Å². The van der Waals surface area contributed by atoms with Crippen molar-refractivity contribution in [3.63, 3.8) is 0 Å². The minimum absolute atomic E-state index is 0.185. The molecule has 1 aromatic heterocycles. The molecular formula is C18H20F3N7. The lowest BCUT2D eigenvalue weighted by Crippen LogP contribution is -2.52. The first-order chi connectivity index (χ1) is 13.4. The lowest BCUT2D eigenvalue weighted by molar-refractivity contribution is -0.137. The Balaban J connectivity index is 1.72. The third kappa shape index (κ3) is 3.35. The minimum atomic E-state index is -4.60. The largest absolute Gasteiger partial charge is 0.421 e. The molecule has 0 spiro atoms. The maximum atomic E-state index is 13.5. The molecule has 0 aliphatic carbocycles. The van der Waals surface area contributed by atoms with Gasteiger partial charge in [-0.2, -0.15) is 18.2 Å². The molecule has 2 aromatic rings. The maximum absolute atomic E-state index is 13.5. The average molecular weight is 391 g/mol. The van der Waals surface area contributed by atoms with Crippen LogP contribution in [0.3, 0.4) is 0 Å². The summed E-state index contributed by atoms with van der Waals surface area (Å²) in [6.45, 7) is 1.54. The van der Waals surface area contributed by atoms with Gasteiger partial charge in [0.1, 0.15) is 11.4 Å². The molecule has 2 unspecified atom stereocenters. The van der Waals surface area contributed by atoms with Crippen molar-refractivity contribution in [2.24, 2.45) is 0 Å². The standard InChI is InChI=1S/C18H20F3N7/c19-18(20,21)14-9-25-17(28-12-2-3-13(28)8-24-7-12)27-16(14)26-11-1-4-15(23)10(5-11)6-22/h1,4-6,9,12-13,22,24H,2-3,7-8,23H2,(H,25,26,27). The number of piperazine rings is 1. The molecule has 2 fully saturated rings. The lowest BCUT2D eigenvalue weighted by Gasteiger charge is -2.35. The zero-order valence-electron chi connectivity index (χ0n) is 14.9. The maximum Gasteiger partial charge on any atom is 0.421 e.